The van der Waals surface area contributed by atoms with Gasteiger partial charge >= 0.3 is 0 Å². The smallest absolute Gasteiger partial charge is 0.163 e. The first-order valence-electron chi connectivity index (χ1n) is 2.91. The predicted octanol–water partition coefficient (Wildman–Crippen LogP) is 1.54. The van der Waals surface area contributed by atoms with E-state index in [4.69, 9.17) is 5.26 Å². The molecule has 0 saturated carbocycles. The van der Waals surface area contributed by atoms with Gasteiger partial charge in [-0.1, -0.05) is 0 Å². The van der Waals surface area contributed by atoms with E-state index in [9.17, 15) is 0 Å². The van der Waals surface area contributed by atoms with E-state index in [1.54, 1.807) is 10.7 Å². The fraction of sp³-hybridized carbons (Fsp3) is 0.333. The predicted molar refractivity (Wildman–Crippen MR) is 40.3 cm³/mol. The van der Waals surface area contributed by atoms with Crippen molar-refractivity contribution in [3.05, 3.63) is 16.4 Å². The van der Waals surface area contributed by atoms with E-state index in [1.165, 1.54) is 0 Å². The average molecular weight is 200 g/mol. The number of hydrogen-bond acceptors (Lipinski definition) is 2. The highest BCUT2D eigenvalue weighted by Gasteiger charge is 2.00. The molecule has 1 aromatic heterocycles. The first-order valence-corrected chi connectivity index (χ1v) is 3.70. The van der Waals surface area contributed by atoms with E-state index < -0.39 is 0 Å². The van der Waals surface area contributed by atoms with Crippen molar-refractivity contribution in [3.63, 3.8) is 0 Å². The van der Waals surface area contributed by atoms with Crippen LogP contribution < -0.4 is 0 Å². The number of rotatable bonds is 1. The summed E-state index contributed by atoms with van der Waals surface area (Å²) in [5.74, 6) is 0. The van der Waals surface area contributed by atoms with Crippen LogP contribution in [0.25, 0.3) is 0 Å². The highest BCUT2D eigenvalue weighted by atomic mass is 79.9. The van der Waals surface area contributed by atoms with Crippen molar-refractivity contribution in [3.8, 4) is 6.07 Å². The second-order valence-electron chi connectivity index (χ2n) is 1.78. The molecule has 0 aliphatic carbocycles. The largest absolute Gasteiger partial charge is 0.257 e. The summed E-state index contributed by atoms with van der Waals surface area (Å²) >= 11 is 3.27. The molecule has 0 unspecified atom stereocenters. The van der Waals surface area contributed by atoms with Crippen LogP contribution in [0.1, 0.15) is 12.6 Å². The summed E-state index contributed by atoms with van der Waals surface area (Å²) in [6.45, 7) is 2.75. The zero-order valence-corrected chi connectivity index (χ0v) is 7.09. The molecule has 1 aromatic rings. The number of halogens is 1. The lowest BCUT2D eigenvalue weighted by molar-refractivity contribution is 0.643. The highest BCUT2D eigenvalue weighted by Crippen LogP contribution is 2.10. The average Bonchev–Trinajstić information content (AvgIpc) is 2.30. The van der Waals surface area contributed by atoms with Crippen LogP contribution in [-0.4, -0.2) is 9.78 Å². The van der Waals surface area contributed by atoms with Gasteiger partial charge in [-0.25, -0.2) is 0 Å². The third kappa shape index (κ3) is 1.19. The first kappa shape index (κ1) is 7.29. The summed E-state index contributed by atoms with van der Waals surface area (Å²) in [6, 6.07) is 3.66. The van der Waals surface area contributed by atoms with E-state index in [0.29, 0.717) is 5.69 Å². The van der Waals surface area contributed by atoms with E-state index in [1.807, 2.05) is 13.0 Å². The van der Waals surface area contributed by atoms with E-state index in [-0.39, 0.29) is 0 Å². The Kier molecular flexibility index (Phi) is 2.07. The lowest BCUT2D eigenvalue weighted by Crippen LogP contribution is -1.96. The molecule has 52 valence electrons. The minimum atomic E-state index is 0.453. The van der Waals surface area contributed by atoms with Gasteiger partial charge in [0.25, 0.3) is 0 Å². The minimum Gasteiger partial charge on any atom is -0.257 e. The monoisotopic (exact) mass is 199 g/mol. The summed E-state index contributed by atoms with van der Waals surface area (Å²) in [4.78, 5) is 0. The molecular formula is C6H6BrN3. The lowest BCUT2D eigenvalue weighted by Gasteiger charge is -1.93. The van der Waals surface area contributed by atoms with Gasteiger partial charge in [0.1, 0.15) is 10.7 Å². The summed E-state index contributed by atoms with van der Waals surface area (Å²) in [7, 11) is 0. The Balaban J connectivity index is 3.07. The Labute approximate surface area is 67.4 Å². The number of hydrogen-bond donors (Lipinski definition) is 0. The molecule has 0 N–H and O–H groups in total. The van der Waals surface area contributed by atoms with Crippen LogP contribution in [0.2, 0.25) is 0 Å². The molecule has 10 heavy (non-hydrogen) atoms. The van der Waals surface area contributed by atoms with Crippen LogP contribution >= 0.6 is 15.9 Å². The van der Waals surface area contributed by atoms with Gasteiger partial charge < -0.3 is 0 Å². The second kappa shape index (κ2) is 2.84. The van der Waals surface area contributed by atoms with Crippen LogP contribution in [0, 0.1) is 11.3 Å². The molecule has 0 bridgehead atoms. The SMILES string of the molecule is CCn1nc(C#N)cc1Br. The molecule has 0 saturated heterocycles. The molecule has 3 nitrogen and oxygen atoms in total. The van der Waals surface area contributed by atoms with Crippen LogP contribution in [-0.2, 0) is 6.54 Å². The van der Waals surface area contributed by atoms with Gasteiger partial charge in [0.05, 0.1) is 0 Å². The van der Waals surface area contributed by atoms with Gasteiger partial charge in [-0.15, -0.1) is 0 Å². The molecule has 1 heterocycles. The quantitative estimate of drug-likeness (QED) is 0.689. The number of aryl methyl sites for hydroxylation is 1. The summed E-state index contributed by atoms with van der Waals surface area (Å²) in [6.07, 6.45) is 0. The molecular weight excluding hydrogens is 194 g/mol. The van der Waals surface area contributed by atoms with E-state index in [0.717, 1.165) is 11.1 Å². The third-order valence-electron chi connectivity index (χ3n) is 1.14. The Hall–Kier alpha value is -0.820. The molecule has 0 atom stereocenters. The van der Waals surface area contributed by atoms with Crippen molar-refractivity contribution in [2.24, 2.45) is 0 Å². The van der Waals surface area contributed by atoms with Gasteiger partial charge in [0, 0.05) is 12.6 Å². The van der Waals surface area contributed by atoms with Gasteiger partial charge in [-0.05, 0) is 22.9 Å². The minimum absolute atomic E-state index is 0.453. The van der Waals surface area contributed by atoms with Crippen LogP contribution in [0.4, 0.5) is 0 Å². The van der Waals surface area contributed by atoms with Crippen molar-refractivity contribution >= 4 is 15.9 Å². The molecule has 0 aliphatic rings. The van der Waals surface area contributed by atoms with Crippen LogP contribution in [0.5, 0.6) is 0 Å². The van der Waals surface area contributed by atoms with E-state index in [2.05, 4.69) is 21.0 Å². The zero-order valence-electron chi connectivity index (χ0n) is 5.50. The van der Waals surface area contributed by atoms with Crippen molar-refractivity contribution in [1.82, 2.24) is 9.78 Å². The standard InChI is InChI=1S/C6H6BrN3/c1-2-10-6(7)3-5(4-8)9-10/h3H,2H2,1H3. The Morgan fingerprint density at radius 2 is 2.60 bits per heavy atom. The van der Waals surface area contributed by atoms with E-state index >= 15 is 0 Å². The van der Waals surface area contributed by atoms with Crippen molar-refractivity contribution in [1.29, 1.82) is 5.26 Å². The number of nitriles is 1. The molecule has 0 radical (unpaired) electrons. The van der Waals surface area contributed by atoms with Crippen LogP contribution in [0.3, 0.4) is 0 Å². The molecule has 0 fully saturated rings. The van der Waals surface area contributed by atoms with Crippen molar-refractivity contribution in [2.45, 2.75) is 13.5 Å². The van der Waals surface area contributed by atoms with Crippen molar-refractivity contribution in [2.75, 3.05) is 0 Å². The Morgan fingerprint density at radius 3 is 2.90 bits per heavy atom. The van der Waals surface area contributed by atoms with Gasteiger partial charge in [-0.2, -0.15) is 10.4 Å². The normalized spacial score (nSPS) is 9.30. The fourth-order valence-corrected chi connectivity index (χ4v) is 1.22. The maximum Gasteiger partial charge on any atom is 0.163 e. The maximum atomic E-state index is 8.42. The first-order chi connectivity index (χ1) is 4.77. The third-order valence-corrected chi connectivity index (χ3v) is 1.78. The van der Waals surface area contributed by atoms with Crippen molar-refractivity contribution < 1.29 is 0 Å². The summed E-state index contributed by atoms with van der Waals surface area (Å²) in [5.41, 5.74) is 0.453. The van der Waals surface area contributed by atoms with Gasteiger partial charge in [0.2, 0.25) is 0 Å². The number of aromatic nitrogens is 2. The highest BCUT2D eigenvalue weighted by molar-refractivity contribution is 9.10. The molecule has 0 spiro atoms. The Bertz CT molecular complexity index is 271. The van der Waals surface area contributed by atoms with Gasteiger partial charge in [-0.3, -0.25) is 4.68 Å². The molecule has 4 heteroatoms. The molecule has 1 rings (SSSR count). The maximum absolute atomic E-state index is 8.42. The van der Waals surface area contributed by atoms with Crippen LogP contribution in [0.15, 0.2) is 10.7 Å². The summed E-state index contributed by atoms with van der Waals surface area (Å²) < 4.78 is 2.57. The Morgan fingerprint density at radius 1 is 1.90 bits per heavy atom. The molecule has 0 aliphatic heterocycles. The lowest BCUT2D eigenvalue weighted by atomic mass is 10.5. The second-order valence-corrected chi connectivity index (χ2v) is 2.59. The topological polar surface area (TPSA) is 41.6 Å². The molecule has 0 aromatic carbocycles. The zero-order chi connectivity index (χ0) is 7.56. The fourth-order valence-electron chi connectivity index (χ4n) is 0.670. The molecule has 0 amide bonds. The van der Waals surface area contributed by atoms with Gasteiger partial charge in [0.15, 0.2) is 5.69 Å². The number of nitrogens with zero attached hydrogens (tertiary/aromatic N) is 3. The summed E-state index contributed by atoms with van der Waals surface area (Å²) in [5, 5.41) is 12.4.